The van der Waals surface area contributed by atoms with Crippen molar-refractivity contribution < 1.29 is 9.18 Å². The molecular weight excluding hydrogens is 311 g/mol. The van der Waals surface area contributed by atoms with Gasteiger partial charge in [0.2, 0.25) is 0 Å². The van der Waals surface area contributed by atoms with Gasteiger partial charge in [-0.2, -0.15) is 0 Å². The zero-order valence-corrected chi connectivity index (χ0v) is 12.5. The molecule has 2 atom stereocenters. The molecule has 1 heterocycles. The van der Waals surface area contributed by atoms with Crippen LogP contribution in [0.4, 0.5) is 4.39 Å². The highest BCUT2D eigenvalue weighted by Gasteiger charge is 2.30. The number of carbonyl (C=O) groups is 1. The molecule has 1 amide bonds. The first-order valence-electron chi connectivity index (χ1n) is 6.52. The fourth-order valence-electron chi connectivity index (χ4n) is 2.57. The molecule has 0 aromatic heterocycles. The lowest BCUT2D eigenvalue weighted by Crippen LogP contribution is -2.51. The molecule has 0 spiro atoms. The molecule has 0 radical (unpaired) electrons. The predicted molar refractivity (Wildman–Crippen MR) is 76.4 cm³/mol. The summed E-state index contributed by atoms with van der Waals surface area (Å²) in [6, 6.07) is 4.43. The van der Waals surface area contributed by atoms with Gasteiger partial charge >= 0.3 is 0 Å². The molecule has 19 heavy (non-hydrogen) atoms. The van der Waals surface area contributed by atoms with E-state index >= 15 is 0 Å². The summed E-state index contributed by atoms with van der Waals surface area (Å²) in [7, 11) is 0. The van der Waals surface area contributed by atoms with E-state index in [0.717, 1.165) is 19.3 Å². The minimum atomic E-state index is -0.492. The van der Waals surface area contributed by atoms with Crippen molar-refractivity contribution in [2.75, 3.05) is 6.54 Å². The summed E-state index contributed by atoms with van der Waals surface area (Å²) in [4.78, 5) is 14.2. The molecule has 0 saturated carbocycles. The molecular formula is C14H18BrFN2O. The number of hydrogen-bond acceptors (Lipinski definition) is 2. The molecule has 0 bridgehead atoms. The first-order chi connectivity index (χ1) is 9.00. The van der Waals surface area contributed by atoms with Crippen molar-refractivity contribution in [3.63, 3.8) is 0 Å². The SMILES string of the molecule is C[C@H](N)[C@H]1CCCCN1C(=O)c1ccc(Br)cc1F. The summed E-state index contributed by atoms with van der Waals surface area (Å²) in [5.41, 5.74) is 6.06. The summed E-state index contributed by atoms with van der Waals surface area (Å²) in [6.07, 6.45) is 2.91. The molecule has 104 valence electrons. The maximum absolute atomic E-state index is 13.9. The maximum Gasteiger partial charge on any atom is 0.257 e. The van der Waals surface area contributed by atoms with E-state index in [4.69, 9.17) is 5.73 Å². The number of benzene rings is 1. The van der Waals surface area contributed by atoms with Crippen LogP contribution in [0.2, 0.25) is 0 Å². The van der Waals surface area contributed by atoms with Gasteiger partial charge in [0.05, 0.1) is 5.56 Å². The lowest BCUT2D eigenvalue weighted by atomic mass is 9.96. The fourth-order valence-corrected chi connectivity index (χ4v) is 2.91. The van der Waals surface area contributed by atoms with E-state index in [1.165, 1.54) is 12.1 Å². The molecule has 1 aliphatic rings. The topological polar surface area (TPSA) is 46.3 Å². The van der Waals surface area contributed by atoms with Gasteiger partial charge in [-0.05, 0) is 44.4 Å². The van der Waals surface area contributed by atoms with E-state index in [2.05, 4.69) is 15.9 Å². The van der Waals surface area contributed by atoms with E-state index in [1.54, 1.807) is 11.0 Å². The second-order valence-electron chi connectivity index (χ2n) is 5.04. The summed E-state index contributed by atoms with van der Waals surface area (Å²) >= 11 is 3.19. The predicted octanol–water partition coefficient (Wildman–Crippen LogP) is 2.93. The number of halogens is 2. The fraction of sp³-hybridized carbons (Fsp3) is 0.500. The van der Waals surface area contributed by atoms with Crippen LogP contribution in [0.1, 0.15) is 36.5 Å². The lowest BCUT2D eigenvalue weighted by Gasteiger charge is -2.38. The van der Waals surface area contributed by atoms with Crippen LogP contribution in [-0.4, -0.2) is 29.4 Å². The molecule has 3 nitrogen and oxygen atoms in total. The highest BCUT2D eigenvalue weighted by atomic mass is 79.9. The quantitative estimate of drug-likeness (QED) is 0.907. The van der Waals surface area contributed by atoms with Crippen LogP contribution in [0.3, 0.4) is 0 Å². The number of rotatable bonds is 2. The monoisotopic (exact) mass is 328 g/mol. The smallest absolute Gasteiger partial charge is 0.257 e. The Labute approximate surface area is 121 Å². The number of nitrogens with zero attached hydrogens (tertiary/aromatic N) is 1. The summed E-state index contributed by atoms with van der Waals surface area (Å²) in [6.45, 7) is 2.55. The third kappa shape index (κ3) is 3.15. The van der Waals surface area contributed by atoms with E-state index in [9.17, 15) is 9.18 Å². The summed E-state index contributed by atoms with van der Waals surface area (Å²) in [5, 5.41) is 0. The van der Waals surface area contributed by atoms with Gasteiger partial charge in [-0.25, -0.2) is 4.39 Å². The largest absolute Gasteiger partial charge is 0.334 e. The third-order valence-electron chi connectivity index (χ3n) is 3.58. The van der Waals surface area contributed by atoms with Crippen LogP contribution in [0.5, 0.6) is 0 Å². The van der Waals surface area contributed by atoms with Crippen molar-refractivity contribution in [3.8, 4) is 0 Å². The maximum atomic E-state index is 13.9. The summed E-state index contributed by atoms with van der Waals surface area (Å²) in [5.74, 6) is -0.750. The first kappa shape index (κ1) is 14.5. The van der Waals surface area contributed by atoms with Crippen LogP contribution < -0.4 is 5.73 Å². The standard InChI is InChI=1S/C14H18BrFN2O/c1-9(17)13-4-2-3-7-18(13)14(19)11-6-5-10(15)8-12(11)16/h5-6,8-9,13H,2-4,7,17H2,1H3/t9-,13+/m0/s1. The Kier molecular flexibility index (Phi) is 4.58. The summed E-state index contributed by atoms with van der Waals surface area (Å²) < 4.78 is 14.5. The molecule has 1 saturated heterocycles. The van der Waals surface area contributed by atoms with Crippen molar-refractivity contribution in [1.82, 2.24) is 4.90 Å². The van der Waals surface area contributed by atoms with Crippen molar-refractivity contribution in [2.24, 2.45) is 5.73 Å². The zero-order chi connectivity index (χ0) is 14.0. The zero-order valence-electron chi connectivity index (χ0n) is 10.9. The molecule has 1 aromatic rings. The van der Waals surface area contributed by atoms with E-state index in [1.807, 2.05) is 6.92 Å². The number of piperidine rings is 1. The number of carbonyl (C=O) groups excluding carboxylic acids is 1. The van der Waals surface area contributed by atoms with Crippen molar-refractivity contribution in [1.29, 1.82) is 0 Å². The van der Waals surface area contributed by atoms with Gasteiger partial charge in [-0.3, -0.25) is 4.79 Å². The van der Waals surface area contributed by atoms with Gasteiger partial charge < -0.3 is 10.6 Å². The van der Waals surface area contributed by atoms with Gasteiger partial charge in [0.25, 0.3) is 5.91 Å². The van der Waals surface area contributed by atoms with Gasteiger partial charge in [0.1, 0.15) is 5.82 Å². The van der Waals surface area contributed by atoms with Crippen LogP contribution >= 0.6 is 15.9 Å². The van der Waals surface area contributed by atoms with Gasteiger partial charge in [-0.15, -0.1) is 0 Å². The van der Waals surface area contributed by atoms with Crippen molar-refractivity contribution in [3.05, 3.63) is 34.1 Å². The second-order valence-corrected chi connectivity index (χ2v) is 5.96. The highest BCUT2D eigenvalue weighted by molar-refractivity contribution is 9.10. The molecule has 5 heteroatoms. The van der Waals surface area contributed by atoms with Gasteiger partial charge in [0.15, 0.2) is 0 Å². The molecule has 1 aromatic carbocycles. The van der Waals surface area contributed by atoms with E-state index < -0.39 is 5.82 Å². The van der Waals surface area contributed by atoms with Gasteiger partial charge in [-0.1, -0.05) is 15.9 Å². The Morgan fingerprint density at radius 1 is 1.53 bits per heavy atom. The lowest BCUT2D eigenvalue weighted by molar-refractivity contribution is 0.0579. The number of likely N-dealkylation sites (tertiary alicyclic amines) is 1. The molecule has 1 fully saturated rings. The van der Waals surface area contributed by atoms with E-state index in [-0.39, 0.29) is 23.6 Å². The average molecular weight is 329 g/mol. The third-order valence-corrected chi connectivity index (χ3v) is 4.07. The van der Waals surface area contributed by atoms with E-state index in [0.29, 0.717) is 11.0 Å². The van der Waals surface area contributed by atoms with Crippen molar-refractivity contribution >= 4 is 21.8 Å². The Morgan fingerprint density at radius 3 is 2.89 bits per heavy atom. The normalized spacial score (nSPS) is 21.3. The molecule has 0 unspecified atom stereocenters. The van der Waals surface area contributed by atoms with Crippen molar-refractivity contribution in [2.45, 2.75) is 38.3 Å². The highest BCUT2D eigenvalue weighted by Crippen LogP contribution is 2.23. The molecule has 0 aliphatic carbocycles. The van der Waals surface area contributed by atoms with Crippen LogP contribution in [0.15, 0.2) is 22.7 Å². The first-order valence-corrected chi connectivity index (χ1v) is 7.31. The number of hydrogen-bond donors (Lipinski definition) is 1. The number of nitrogens with two attached hydrogens (primary N) is 1. The van der Waals surface area contributed by atoms with Crippen LogP contribution in [0.25, 0.3) is 0 Å². The Balaban J connectivity index is 2.26. The number of amides is 1. The van der Waals surface area contributed by atoms with Crippen LogP contribution in [-0.2, 0) is 0 Å². The van der Waals surface area contributed by atoms with Gasteiger partial charge in [0, 0.05) is 23.1 Å². The Bertz CT molecular complexity index is 479. The minimum absolute atomic E-state index is 0.00398. The average Bonchev–Trinajstić information content (AvgIpc) is 2.38. The van der Waals surface area contributed by atoms with Crippen LogP contribution in [0, 0.1) is 5.82 Å². The Morgan fingerprint density at radius 2 is 2.26 bits per heavy atom. The molecule has 1 aliphatic heterocycles. The molecule has 2 rings (SSSR count). The minimum Gasteiger partial charge on any atom is -0.334 e. The second kappa shape index (κ2) is 6.01. The Hall–Kier alpha value is -0.940. The molecule has 2 N–H and O–H groups in total.